The molecule has 0 bridgehead atoms. The molecule has 2 aromatic rings. The van der Waals surface area contributed by atoms with Gasteiger partial charge in [0.25, 0.3) is 0 Å². The molecular weight excluding hydrogens is 383 g/mol. The number of benzene rings is 2. The molecule has 0 aliphatic rings. The van der Waals surface area contributed by atoms with Gasteiger partial charge in [-0.2, -0.15) is 0 Å². The van der Waals surface area contributed by atoms with Gasteiger partial charge in [-0.15, -0.1) is 0 Å². The molecule has 0 spiro atoms. The van der Waals surface area contributed by atoms with Crippen LogP contribution >= 0.6 is 27.5 Å². The van der Waals surface area contributed by atoms with Crippen molar-refractivity contribution in [2.24, 2.45) is 0 Å². The van der Waals surface area contributed by atoms with Crippen molar-refractivity contribution in [3.8, 4) is 0 Å². The fraction of sp³-hybridized carbons (Fsp3) is 0.235. The number of carbonyl (C=O) groups excluding carboxylic acids is 1. The maximum Gasteiger partial charge on any atom is 0.238 e. The van der Waals surface area contributed by atoms with Gasteiger partial charge >= 0.3 is 0 Å². The molecule has 0 saturated heterocycles. The van der Waals surface area contributed by atoms with E-state index in [1.807, 2.05) is 31.2 Å². The molecule has 3 nitrogen and oxygen atoms in total. The van der Waals surface area contributed by atoms with E-state index in [1.54, 1.807) is 0 Å². The van der Waals surface area contributed by atoms with Crippen molar-refractivity contribution < 1.29 is 9.18 Å². The Bertz CT molecular complexity index is 679. The average Bonchev–Trinajstić information content (AvgIpc) is 2.53. The lowest BCUT2D eigenvalue weighted by molar-refractivity contribution is -0.115. The Hall–Kier alpha value is -1.43. The predicted octanol–water partition coefficient (Wildman–Crippen LogP) is 4.92. The largest absolute Gasteiger partial charge is 0.322 e. The van der Waals surface area contributed by atoms with Crippen molar-refractivity contribution in [1.82, 2.24) is 5.32 Å². The molecular formula is C17H17BrClFN2O. The maximum atomic E-state index is 13.6. The molecule has 0 saturated carbocycles. The minimum atomic E-state index is -0.511. The number of rotatable bonds is 6. The van der Waals surface area contributed by atoms with Crippen LogP contribution in [-0.4, -0.2) is 12.5 Å². The fourth-order valence-corrected chi connectivity index (χ4v) is 2.63. The normalized spacial score (nSPS) is 12.0. The minimum absolute atomic E-state index is 0.0538. The second-order valence-corrected chi connectivity index (χ2v) is 6.42. The van der Waals surface area contributed by atoms with Gasteiger partial charge in [-0.05, 0) is 42.3 Å². The van der Waals surface area contributed by atoms with Crippen LogP contribution in [0.1, 0.15) is 24.9 Å². The van der Waals surface area contributed by atoms with E-state index in [2.05, 4.69) is 26.6 Å². The second kappa shape index (κ2) is 8.43. The van der Waals surface area contributed by atoms with Gasteiger partial charge in [0.1, 0.15) is 5.82 Å². The monoisotopic (exact) mass is 398 g/mol. The molecule has 0 radical (unpaired) electrons. The third-order valence-corrected chi connectivity index (χ3v) is 4.16. The van der Waals surface area contributed by atoms with Crippen LogP contribution in [-0.2, 0) is 4.79 Å². The molecule has 2 aromatic carbocycles. The van der Waals surface area contributed by atoms with Gasteiger partial charge in [-0.1, -0.05) is 46.6 Å². The second-order valence-electron chi connectivity index (χ2n) is 5.07. The Balaban J connectivity index is 1.94. The first-order valence-electron chi connectivity index (χ1n) is 7.23. The van der Waals surface area contributed by atoms with E-state index in [1.165, 1.54) is 18.2 Å². The van der Waals surface area contributed by atoms with Crippen LogP contribution in [0.3, 0.4) is 0 Å². The Labute approximate surface area is 148 Å². The van der Waals surface area contributed by atoms with Crippen LogP contribution < -0.4 is 10.6 Å². The molecule has 0 fully saturated rings. The summed E-state index contributed by atoms with van der Waals surface area (Å²) in [5, 5.41) is 6.07. The third-order valence-electron chi connectivity index (χ3n) is 3.39. The molecule has 0 aromatic heterocycles. The number of hydrogen-bond acceptors (Lipinski definition) is 2. The third kappa shape index (κ3) is 5.30. The highest BCUT2D eigenvalue weighted by atomic mass is 79.9. The minimum Gasteiger partial charge on any atom is -0.322 e. The summed E-state index contributed by atoms with van der Waals surface area (Å²) in [5.74, 6) is -0.829. The Morgan fingerprint density at radius 3 is 2.61 bits per heavy atom. The maximum absolute atomic E-state index is 13.6. The number of halogens is 3. The van der Waals surface area contributed by atoms with E-state index in [0.29, 0.717) is 5.02 Å². The summed E-state index contributed by atoms with van der Waals surface area (Å²) in [6.45, 7) is 2.12. The Morgan fingerprint density at radius 1 is 1.26 bits per heavy atom. The van der Waals surface area contributed by atoms with Crippen LogP contribution in [0.25, 0.3) is 0 Å². The fourth-order valence-electron chi connectivity index (χ4n) is 2.20. The van der Waals surface area contributed by atoms with Gasteiger partial charge in [-0.3, -0.25) is 4.79 Å². The number of nitrogens with one attached hydrogen (secondary N) is 2. The van der Waals surface area contributed by atoms with Crippen LogP contribution in [0.5, 0.6) is 0 Å². The lowest BCUT2D eigenvalue weighted by Gasteiger charge is -2.17. The van der Waals surface area contributed by atoms with E-state index in [4.69, 9.17) is 11.6 Å². The van der Waals surface area contributed by atoms with Crippen molar-refractivity contribution in [1.29, 1.82) is 0 Å². The summed E-state index contributed by atoms with van der Waals surface area (Å²) in [4.78, 5) is 12.0. The van der Waals surface area contributed by atoms with Crippen LogP contribution in [0.15, 0.2) is 46.9 Å². The average molecular weight is 400 g/mol. The van der Waals surface area contributed by atoms with Crippen molar-refractivity contribution in [3.63, 3.8) is 0 Å². The first-order valence-corrected chi connectivity index (χ1v) is 8.40. The molecule has 23 heavy (non-hydrogen) atoms. The van der Waals surface area contributed by atoms with Crippen molar-refractivity contribution in [2.45, 2.75) is 19.4 Å². The first kappa shape index (κ1) is 17.9. The number of amides is 1. The van der Waals surface area contributed by atoms with Crippen LogP contribution in [0.2, 0.25) is 5.02 Å². The molecule has 1 amide bonds. The molecule has 0 aliphatic carbocycles. The number of carbonyl (C=O) groups is 1. The SMILES string of the molecule is CC[C@H](NCC(=O)Nc1cc(Cl)ccc1F)c1ccc(Br)cc1. The topological polar surface area (TPSA) is 41.1 Å². The van der Waals surface area contributed by atoms with Crippen molar-refractivity contribution in [2.75, 3.05) is 11.9 Å². The van der Waals surface area contributed by atoms with E-state index >= 15 is 0 Å². The van der Waals surface area contributed by atoms with Gasteiger partial charge < -0.3 is 10.6 Å². The number of anilines is 1. The molecule has 2 N–H and O–H groups in total. The Morgan fingerprint density at radius 2 is 1.96 bits per heavy atom. The summed E-state index contributed by atoms with van der Waals surface area (Å²) in [6, 6.07) is 12.0. The van der Waals surface area contributed by atoms with Crippen molar-refractivity contribution in [3.05, 3.63) is 63.3 Å². The Kier molecular flexibility index (Phi) is 6.57. The molecule has 2 rings (SSSR count). The highest BCUT2D eigenvalue weighted by molar-refractivity contribution is 9.10. The molecule has 6 heteroatoms. The summed E-state index contributed by atoms with van der Waals surface area (Å²) < 4.78 is 14.6. The highest BCUT2D eigenvalue weighted by Gasteiger charge is 2.12. The van der Waals surface area contributed by atoms with Gasteiger partial charge in [0.15, 0.2) is 0 Å². The zero-order valence-corrected chi connectivity index (χ0v) is 14.9. The zero-order valence-electron chi connectivity index (χ0n) is 12.6. The molecule has 122 valence electrons. The summed E-state index contributed by atoms with van der Waals surface area (Å²) in [5.41, 5.74) is 1.18. The van der Waals surface area contributed by atoms with E-state index < -0.39 is 5.82 Å². The standard InChI is InChI=1S/C17H17BrClFN2O/c1-2-15(11-3-5-12(18)6-4-11)21-10-17(23)22-16-9-13(19)7-8-14(16)20/h3-9,15,21H,2,10H2,1H3,(H,22,23)/t15-/m0/s1. The van der Waals surface area contributed by atoms with E-state index in [0.717, 1.165) is 16.5 Å². The van der Waals surface area contributed by atoms with E-state index in [-0.39, 0.29) is 24.2 Å². The summed E-state index contributed by atoms with van der Waals surface area (Å²) in [6.07, 6.45) is 0.834. The summed E-state index contributed by atoms with van der Waals surface area (Å²) in [7, 11) is 0. The zero-order chi connectivity index (χ0) is 16.8. The molecule has 0 heterocycles. The predicted molar refractivity (Wildman–Crippen MR) is 95.2 cm³/mol. The first-order chi connectivity index (χ1) is 11.0. The lowest BCUT2D eigenvalue weighted by Crippen LogP contribution is -2.31. The molecule has 0 unspecified atom stereocenters. The van der Waals surface area contributed by atoms with Crippen LogP contribution in [0, 0.1) is 5.82 Å². The highest BCUT2D eigenvalue weighted by Crippen LogP contribution is 2.20. The lowest BCUT2D eigenvalue weighted by atomic mass is 10.0. The quantitative estimate of drug-likeness (QED) is 0.724. The van der Waals surface area contributed by atoms with Gasteiger partial charge in [0.05, 0.1) is 12.2 Å². The molecule has 1 atom stereocenters. The van der Waals surface area contributed by atoms with Crippen molar-refractivity contribution >= 4 is 39.1 Å². The van der Waals surface area contributed by atoms with Gasteiger partial charge in [0.2, 0.25) is 5.91 Å². The number of hydrogen-bond donors (Lipinski definition) is 2. The van der Waals surface area contributed by atoms with Gasteiger partial charge in [0, 0.05) is 15.5 Å². The van der Waals surface area contributed by atoms with Crippen LogP contribution in [0.4, 0.5) is 10.1 Å². The van der Waals surface area contributed by atoms with Gasteiger partial charge in [-0.25, -0.2) is 4.39 Å². The summed E-state index contributed by atoms with van der Waals surface area (Å²) >= 11 is 9.20. The smallest absolute Gasteiger partial charge is 0.238 e. The molecule has 0 aliphatic heterocycles. The van der Waals surface area contributed by atoms with E-state index in [9.17, 15) is 9.18 Å².